The van der Waals surface area contributed by atoms with Gasteiger partial charge >= 0.3 is 0 Å². The number of hydrogen-bond acceptors (Lipinski definition) is 3. The number of likely N-dealkylation sites (tertiary alicyclic amines) is 1. The number of ketones is 1. The van der Waals surface area contributed by atoms with Crippen LogP contribution in [0.25, 0.3) is 0 Å². The Morgan fingerprint density at radius 1 is 1.50 bits per heavy atom. The lowest BCUT2D eigenvalue weighted by Gasteiger charge is -2.29. The number of carbonyl (C=O) groups is 1. The fraction of sp³-hybridized carbons (Fsp3) is 0.923. The maximum Gasteiger partial charge on any atom is 0.136 e. The average molecular weight is 226 g/mol. The topological polar surface area (TPSA) is 23.6 Å². The van der Waals surface area contributed by atoms with Gasteiger partial charge in [0, 0.05) is 25.0 Å². The predicted octanol–water partition coefficient (Wildman–Crippen LogP) is 1.49. The highest BCUT2D eigenvalue weighted by atomic mass is 16.1. The average Bonchev–Trinajstić information content (AvgIpc) is 2.49. The van der Waals surface area contributed by atoms with E-state index >= 15 is 0 Å². The first-order valence-corrected chi connectivity index (χ1v) is 6.19. The zero-order valence-corrected chi connectivity index (χ0v) is 11.4. The van der Waals surface area contributed by atoms with Gasteiger partial charge in [-0.25, -0.2) is 0 Å². The molecule has 0 bridgehead atoms. The molecule has 0 saturated carbocycles. The quantitative estimate of drug-likeness (QED) is 0.709. The van der Waals surface area contributed by atoms with E-state index in [4.69, 9.17) is 0 Å². The van der Waals surface area contributed by atoms with Crippen molar-refractivity contribution in [2.75, 3.05) is 40.3 Å². The van der Waals surface area contributed by atoms with Crippen LogP contribution < -0.4 is 0 Å². The molecule has 1 atom stereocenters. The summed E-state index contributed by atoms with van der Waals surface area (Å²) in [6.07, 6.45) is 1.29. The van der Waals surface area contributed by atoms with Crippen molar-refractivity contribution in [2.24, 2.45) is 11.3 Å². The molecule has 1 aliphatic heterocycles. The SMILES string of the molecule is CC(=O)C(C)(C)CN(C)CC1CCN(C)C1. The summed E-state index contributed by atoms with van der Waals surface area (Å²) in [7, 11) is 4.31. The molecule has 1 unspecified atom stereocenters. The van der Waals surface area contributed by atoms with Crippen molar-refractivity contribution in [2.45, 2.75) is 27.2 Å². The van der Waals surface area contributed by atoms with E-state index in [1.807, 2.05) is 13.8 Å². The van der Waals surface area contributed by atoms with Gasteiger partial charge < -0.3 is 9.80 Å². The molecule has 1 saturated heterocycles. The summed E-state index contributed by atoms with van der Waals surface area (Å²) in [6.45, 7) is 10.2. The molecular formula is C13H26N2O. The number of hydrogen-bond donors (Lipinski definition) is 0. The second kappa shape index (κ2) is 5.28. The highest BCUT2D eigenvalue weighted by Gasteiger charge is 2.27. The molecular weight excluding hydrogens is 200 g/mol. The van der Waals surface area contributed by atoms with Gasteiger partial charge in [0.15, 0.2) is 0 Å². The minimum atomic E-state index is -0.209. The molecule has 0 radical (unpaired) electrons. The molecule has 0 N–H and O–H groups in total. The van der Waals surface area contributed by atoms with Crippen LogP contribution in [0.1, 0.15) is 27.2 Å². The first-order chi connectivity index (χ1) is 7.31. The Bertz CT molecular complexity index is 250. The first kappa shape index (κ1) is 13.7. The molecule has 1 fully saturated rings. The van der Waals surface area contributed by atoms with E-state index in [2.05, 4.69) is 23.9 Å². The molecule has 0 spiro atoms. The zero-order valence-electron chi connectivity index (χ0n) is 11.4. The summed E-state index contributed by atoms with van der Waals surface area (Å²) in [5.74, 6) is 1.06. The molecule has 1 heterocycles. The van der Waals surface area contributed by atoms with Gasteiger partial charge in [0.05, 0.1) is 0 Å². The van der Waals surface area contributed by atoms with Gasteiger partial charge in [0.1, 0.15) is 5.78 Å². The first-order valence-electron chi connectivity index (χ1n) is 6.19. The molecule has 3 heteroatoms. The van der Waals surface area contributed by atoms with E-state index in [1.54, 1.807) is 6.92 Å². The van der Waals surface area contributed by atoms with Gasteiger partial charge in [-0.05, 0) is 39.9 Å². The van der Waals surface area contributed by atoms with Crippen LogP contribution in [-0.4, -0.2) is 55.9 Å². The number of rotatable bonds is 5. The van der Waals surface area contributed by atoms with E-state index in [0.717, 1.165) is 19.0 Å². The Morgan fingerprint density at radius 3 is 2.56 bits per heavy atom. The Hall–Kier alpha value is -0.410. The van der Waals surface area contributed by atoms with Crippen LogP contribution in [0.3, 0.4) is 0 Å². The van der Waals surface area contributed by atoms with Crippen molar-refractivity contribution < 1.29 is 4.79 Å². The van der Waals surface area contributed by atoms with Crippen molar-refractivity contribution in [3.63, 3.8) is 0 Å². The molecule has 1 rings (SSSR count). The third-order valence-corrected chi connectivity index (χ3v) is 3.68. The summed E-state index contributed by atoms with van der Waals surface area (Å²) in [6, 6.07) is 0. The zero-order chi connectivity index (χ0) is 12.3. The molecule has 0 aromatic heterocycles. The maximum absolute atomic E-state index is 11.5. The third-order valence-electron chi connectivity index (χ3n) is 3.68. The minimum absolute atomic E-state index is 0.209. The number of nitrogens with zero attached hydrogens (tertiary/aromatic N) is 2. The van der Waals surface area contributed by atoms with Gasteiger partial charge in [-0.3, -0.25) is 4.79 Å². The van der Waals surface area contributed by atoms with Crippen molar-refractivity contribution in [3.8, 4) is 0 Å². The van der Waals surface area contributed by atoms with Crippen LogP contribution >= 0.6 is 0 Å². The lowest BCUT2D eigenvalue weighted by molar-refractivity contribution is -0.125. The standard InChI is InChI=1S/C13H26N2O/c1-11(16)13(2,3)10-15(5)9-12-6-7-14(4)8-12/h12H,6-10H2,1-5H3. The van der Waals surface area contributed by atoms with E-state index < -0.39 is 0 Å². The van der Waals surface area contributed by atoms with Crippen LogP contribution in [0.15, 0.2) is 0 Å². The fourth-order valence-electron chi connectivity index (χ4n) is 2.47. The van der Waals surface area contributed by atoms with Crippen LogP contribution in [0.2, 0.25) is 0 Å². The summed E-state index contributed by atoms with van der Waals surface area (Å²) in [4.78, 5) is 16.1. The molecule has 3 nitrogen and oxygen atoms in total. The highest BCUT2D eigenvalue weighted by Crippen LogP contribution is 2.20. The second-order valence-electron chi connectivity index (χ2n) is 6.05. The van der Waals surface area contributed by atoms with E-state index in [9.17, 15) is 4.79 Å². The lowest BCUT2D eigenvalue weighted by Crippen LogP contribution is -2.38. The van der Waals surface area contributed by atoms with Crippen LogP contribution in [0, 0.1) is 11.3 Å². The predicted molar refractivity (Wildman–Crippen MR) is 67.6 cm³/mol. The van der Waals surface area contributed by atoms with Crippen LogP contribution in [0.4, 0.5) is 0 Å². The molecule has 1 aliphatic rings. The van der Waals surface area contributed by atoms with Crippen molar-refractivity contribution in [1.29, 1.82) is 0 Å². The molecule has 0 aromatic carbocycles. The number of carbonyl (C=O) groups excluding carboxylic acids is 1. The Kier molecular flexibility index (Phi) is 4.51. The Labute approximate surface area is 99.8 Å². The summed E-state index contributed by atoms with van der Waals surface area (Å²) < 4.78 is 0. The monoisotopic (exact) mass is 226 g/mol. The molecule has 16 heavy (non-hydrogen) atoms. The van der Waals surface area contributed by atoms with Crippen LogP contribution in [-0.2, 0) is 4.79 Å². The molecule has 0 aromatic rings. The van der Waals surface area contributed by atoms with Crippen LogP contribution in [0.5, 0.6) is 0 Å². The van der Waals surface area contributed by atoms with E-state index in [-0.39, 0.29) is 11.2 Å². The molecule has 0 amide bonds. The third kappa shape index (κ3) is 3.87. The van der Waals surface area contributed by atoms with Gasteiger partial charge in [-0.15, -0.1) is 0 Å². The van der Waals surface area contributed by atoms with Crippen molar-refractivity contribution >= 4 is 5.78 Å². The normalized spacial score (nSPS) is 23.0. The highest BCUT2D eigenvalue weighted by molar-refractivity contribution is 5.81. The van der Waals surface area contributed by atoms with Crippen molar-refractivity contribution in [1.82, 2.24) is 9.80 Å². The van der Waals surface area contributed by atoms with Gasteiger partial charge in [0.25, 0.3) is 0 Å². The Morgan fingerprint density at radius 2 is 2.12 bits per heavy atom. The smallest absolute Gasteiger partial charge is 0.136 e. The largest absolute Gasteiger partial charge is 0.306 e. The molecule has 94 valence electrons. The maximum atomic E-state index is 11.5. The minimum Gasteiger partial charge on any atom is -0.306 e. The summed E-state index contributed by atoms with van der Waals surface area (Å²) >= 11 is 0. The van der Waals surface area contributed by atoms with Gasteiger partial charge in [-0.1, -0.05) is 13.8 Å². The summed E-state index contributed by atoms with van der Waals surface area (Å²) in [5, 5.41) is 0. The van der Waals surface area contributed by atoms with E-state index in [1.165, 1.54) is 19.5 Å². The van der Waals surface area contributed by atoms with E-state index in [0.29, 0.717) is 0 Å². The lowest BCUT2D eigenvalue weighted by atomic mass is 9.88. The molecule has 0 aliphatic carbocycles. The number of Topliss-reactive ketones (excluding diaryl/α,β-unsaturated/α-hetero) is 1. The second-order valence-corrected chi connectivity index (χ2v) is 6.05. The van der Waals surface area contributed by atoms with Gasteiger partial charge in [-0.2, -0.15) is 0 Å². The van der Waals surface area contributed by atoms with Crippen molar-refractivity contribution in [3.05, 3.63) is 0 Å². The fourth-order valence-corrected chi connectivity index (χ4v) is 2.47. The summed E-state index contributed by atoms with van der Waals surface area (Å²) in [5.41, 5.74) is -0.209. The van der Waals surface area contributed by atoms with Gasteiger partial charge in [0.2, 0.25) is 0 Å². The Balaban J connectivity index is 2.36.